The predicted octanol–water partition coefficient (Wildman–Crippen LogP) is 5.49. The molecule has 0 fully saturated rings. The average molecular weight is 693 g/mol. The Morgan fingerprint density at radius 1 is 0.275 bits per heavy atom. The highest BCUT2D eigenvalue weighted by Crippen LogP contribution is 2.10. The van der Waals surface area contributed by atoms with E-state index in [0.717, 1.165) is 24.1 Å². The summed E-state index contributed by atoms with van der Waals surface area (Å²) in [6, 6.07) is 0. The highest BCUT2D eigenvalue weighted by molar-refractivity contribution is 14.1. The first-order chi connectivity index (χ1) is 19.9. The molecule has 0 aliphatic carbocycles. The van der Waals surface area contributed by atoms with Crippen molar-refractivity contribution in [1.29, 1.82) is 0 Å². The third kappa shape index (κ3) is 38.4. The summed E-state index contributed by atoms with van der Waals surface area (Å²) in [5.74, 6) is 0. The molecule has 0 aromatic carbocycles. The SMILES string of the molecule is CCCCCCCCCCCCOCCOCCOCCOCCOCCOCCOCCOCCOCCI. The van der Waals surface area contributed by atoms with Crippen LogP contribution in [0, 0.1) is 0 Å². The number of alkyl halides is 1. The van der Waals surface area contributed by atoms with Crippen LogP contribution in [0.5, 0.6) is 0 Å². The van der Waals surface area contributed by atoms with Crippen LogP contribution in [0.25, 0.3) is 0 Å². The average Bonchev–Trinajstić information content (AvgIpc) is 2.97. The normalized spacial score (nSPS) is 11.6. The van der Waals surface area contributed by atoms with Gasteiger partial charge >= 0.3 is 0 Å². The Morgan fingerprint density at radius 3 is 0.775 bits per heavy atom. The van der Waals surface area contributed by atoms with Crippen molar-refractivity contribution in [2.45, 2.75) is 71.1 Å². The lowest BCUT2D eigenvalue weighted by molar-refractivity contribution is -0.0248. The first-order valence-corrected chi connectivity index (χ1v) is 17.2. The summed E-state index contributed by atoms with van der Waals surface area (Å²) >= 11 is 2.28. The zero-order chi connectivity index (χ0) is 28.9. The van der Waals surface area contributed by atoms with E-state index in [1.54, 1.807) is 0 Å². The minimum Gasteiger partial charge on any atom is -0.379 e. The van der Waals surface area contributed by atoms with Crippen LogP contribution < -0.4 is 0 Å². The standard InChI is InChI=1S/C30H61IO9/c1-2-3-4-5-6-7-8-9-10-11-13-32-15-17-34-19-21-36-23-25-38-27-29-40-30-28-39-26-24-37-22-20-35-18-16-33-14-12-31/h2-30H2,1H3. The molecule has 0 radical (unpaired) electrons. The van der Waals surface area contributed by atoms with Crippen molar-refractivity contribution >= 4 is 22.6 Å². The van der Waals surface area contributed by atoms with Crippen molar-refractivity contribution < 1.29 is 42.6 Å². The second kappa shape index (κ2) is 39.4. The number of halogens is 1. The zero-order valence-electron chi connectivity index (χ0n) is 25.6. The van der Waals surface area contributed by atoms with Gasteiger partial charge in [-0.3, -0.25) is 0 Å². The van der Waals surface area contributed by atoms with E-state index in [2.05, 4.69) is 29.5 Å². The number of hydrogen-bond donors (Lipinski definition) is 0. The summed E-state index contributed by atoms with van der Waals surface area (Å²) in [6.45, 7) is 13.1. The molecule has 0 unspecified atom stereocenters. The highest BCUT2D eigenvalue weighted by Gasteiger charge is 1.96. The lowest BCUT2D eigenvalue weighted by Crippen LogP contribution is -2.15. The molecule has 0 N–H and O–H groups in total. The predicted molar refractivity (Wildman–Crippen MR) is 168 cm³/mol. The summed E-state index contributed by atoms with van der Waals surface area (Å²) in [6.07, 6.45) is 13.5. The van der Waals surface area contributed by atoms with Crippen molar-refractivity contribution in [3.63, 3.8) is 0 Å². The smallest absolute Gasteiger partial charge is 0.0701 e. The molecule has 0 amide bonds. The maximum absolute atomic E-state index is 5.64. The molecule has 0 aliphatic rings. The Bertz CT molecular complexity index is 398. The van der Waals surface area contributed by atoms with E-state index in [0.29, 0.717) is 106 Å². The van der Waals surface area contributed by atoms with Gasteiger partial charge in [0.2, 0.25) is 0 Å². The van der Waals surface area contributed by atoms with Gasteiger partial charge in [-0.05, 0) is 6.42 Å². The van der Waals surface area contributed by atoms with E-state index in [9.17, 15) is 0 Å². The molecule has 10 heteroatoms. The summed E-state index contributed by atoms with van der Waals surface area (Å²) in [5, 5.41) is 0. The number of ether oxygens (including phenoxy) is 9. The van der Waals surface area contributed by atoms with Crippen LogP contribution in [0.4, 0.5) is 0 Å². The Labute approximate surface area is 259 Å². The highest BCUT2D eigenvalue weighted by atomic mass is 127. The number of unbranched alkanes of at least 4 members (excludes halogenated alkanes) is 9. The van der Waals surface area contributed by atoms with Crippen LogP contribution in [-0.4, -0.2) is 123 Å². The van der Waals surface area contributed by atoms with Gasteiger partial charge < -0.3 is 42.6 Å². The van der Waals surface area contributed by atoms with Gasteiger partial charge in [-0.1, -0.05) is 87.3 Å². The van der Waals surface area contributed by atoms with E-state index < -0.39 is 0 Å². The van der Waals surface area contributed by atoms with Crippen LogP contribution in [-0.2, 0) is 42.6 Å². The van der Waals surface area contributed by atoms with Crippen LogP contribution in [0.15, 0.2) is 0 Å². The molecule has 0 saturated heterocycles. The number of rotatable bonds is 37. The minimum atomic E-state index is 0.542. The molecule has 242 valence electrons. The molecular weight excluding hydrogens is 631 g/mol. The minimum absolute atomic E-state index is 0.542. The van der Waals surface area contributed by atoms with Gasteiger partial charge in [0, 0.05) is 11.0 Å². The Morgan fingerprint density at radius 2 is 0.500 bits per heavy atom. The molecular formula is C30H61IO9. The van der Waals surface area contributed by atoms with Crippen LogP contribution >= 0.6 is 22.6 Å². The third-order valence-electron chi connectivity index (χ3n) is 5.84. The first-order valence-electron chi connectivity index (χ1n) is 15.7. The van der Waals surface area contributed by atoms with Crippen molar-refractivity contribution in [1.82, 2.24) is 0 Å². The fourth-order valence-corrected chi connectivity index (χ4v) is 3.92. The summed E-state index contributed by atoms with van der Waals surface area (Å²) < 4.78 is 50.3. The number of hydrogen-bond acceptors (Lipinski definition) is 9. The summed E-state index contributed by atoms with van der Waals surface area (Å²) in [4.78, 5) is 0. The maximum atomic E-state index is 5.64. The largest absolute Gasteiger partial charge is 0.379 e. The lowest BCUT2D eigenvalue weighted by atomic mass is 10.1. The van der Waals surface area contributed by atoms with Gasteiger partial charge in [0.15, 0.2) is 0 Å². The van der Waals surface area contributed by atoms with Crippen molar-refractivity contribution in [2.75, 3.05) is 123 Å². The van der Waals surface area contributed by atoms with E-state index in [-0.39, 0.29) is 0 Å². The maximum Gasteiger partial charge on any atom is 0.0701 e. The van der Waals surface area contributed by atoms with E-state index in [1.807, 2.05) is 0 Å². The topological polar surface area (TPSA) is 83.1 Å². The monoisotopic (exact) mass is 692 g/mol. The second-order valence-electron chi connectivity index (χ2n) is 9.38. The lowest BCUT2D eigenvalue weighted by Gasteiger charge is -2.09. The van der Waals surface area contributed by atoms with Crippen LogP contribution in [0.2, 0.25) is 0 Å². The molecule has 9 nitrogen and oxygen atoms in total. The van der Waals surface area contributed by atoms with Crippen molar-refractivity contribution in [2.24, 2.45) is 0 Å². The summed E-state index contributed by atoms with van der Waals surface area (Å²) in [5.41, 5.74) is 0. The Kier molecular flexibility index (Phi) is 39.7. The van der Waals surface area contributed by atoms with Crippen molar-refractivity contribution in [3.05, 3.63) is 0 Å². The van der Waals surface area contributed by atoms with E-state index in [4.69, 9.17) is 42.6 Å². The van der Waals surface area contributed by atoms with Crippen LogP contribution in [0.3, 0.4) is 0 Å². The molecule has 0 aromatic rings. The summed E-state index contributed by atoms with van der Waals surface area (Å²) in [7, 11) is 0. The molecule has 0 saturated carbocycles. The zero-order valence-corrected chi connectivity index (χ0v) is 27.7. The van der Waals surface area contributed by atoms with Crippen molar-refractivity contribution in [3.8, 4) is 0 Å². The third-order valence-corrected chi connectivity index (χ3v) is 6.28. The van der Waals surface area contributed by atoms with Gasteiger partial charge in [-0.15, -0.1) is 0 Å². The fourth-order valence-electron chi connectivity index (χ4n) is 3.61. The molecule has 40 heavy (non-hydrogen) atoms. The van der Waals surface area contributed by atoms with Gasteiger partial charge in [-0.25, -0.2) is 0 Å². The molecule has 0 aliphatic heterocycles. The van der Waals surface area contributed by atoms with Gasteiger partial charge in [0.1, 0.15) is 0 Å². The molecule has 0 bridgehead atoms. The molecule has 0 spiro atoms. The van der Waals surface area contributed by atoms with Crippen LogP contribution in [0.1, 0.15) is 71.1 Å². The molecule has 0 aromatic heterocycles. The van der Waals surface area contributed by atoms with E-state index >= 15 is 0 Å². The Balaban J connectivity index is 3.01. The fraction of sp³-hybridized carbons (Fsp3) is 1.00. The molecule has 0 heterocycles. The molecule has 0 rings (SSSR count). The quantitative estimate of drug-likeness (QED) is 0.0477. The van der Waals surface area contributed by atoms with Gasteiger partial charge in [-0.2, -0.15) is 0 Å². The van der Waals surface area contributed by atoms with E-state index in [1.165, 1.54) is 57.8 Å². The van der Waals surface area contributed by atoms with Gasteiger partial charge in [0.25, 0.3) is 0 Å². The second-order valence-corrected chi connectivity index (χ2v) is 10.5. The first kappa shape index (κ1) is 40.4. The van der Waals surface area contributed by atoms with Gasteiger partial charge in [0.05, 0.1) is 112 Å². The molecule has 0 atom stereocenters. The Hall–Kier alpha value is 0.370.